The fourth-order valence-corrected chi connectivity index (χ4v) is 6.76. The highest BCUT2D eigenvalue weighted by atomic mass is 32.2. The van der Waals surface area contributed by atoms with E-state index in [1.165, 1.54) is 0 Å². The second-order valence-corrected chi connectivity index (χ2v) is 15.1. The molecule has 1 aliphatic heterocycles. The SMILES string of the molecule is Cc1cc(-c2nc3cc(CN[C@H](C(=O)OC(C)C)[C@@H](C)O)ccc3n2CC2CCOCC2)cn(C)c1=O.O=S(=O)(O)CCS(=O)(=O)O. The number of aliphatic hydroxyl groups excluding tert-OH is 1. The van der Waals surface area contributed by atoms with Gasteiger partial charge in [-0.25, -0.2) is 4.98 Å². The molecule has 262 valence electrons. The molecule has 1 aliphatic rings. The highest BCUT2D eigenvalue weighted by Crippen LogP contribution is 2.29. The minimum Gasteiger partial charge on any atom is -0.462 e. The van der Waals surface area contributed by atoms with E-state index in [1.54, 1.807) is 32.4 Å². The first-order valence-corrected chi connectivity index (χ1v) is 18.3. The van der Waals surface area contributed by atoms with Crippen molar-refractivity contribution in [2.24, 2.45) is 13.0 Å². The second-order valence-electron chi connectivity index (χ2n) is 11.9. The smallest absolute Gasteiger partial charge is 0.326 e. The normalized spacial score (nSPS) is 15.7. The van der Waals surface area contributed by atoms with E-state index >= 15 is 0 Å². The van der Waals surface area contributed by atoms with Gasteiger partial charge in [0.25, 0.3) is 25.8 Å². The fraction of sp³-hybridized carbons (Fsp3) is 0.567. The minimum atomic E-state index is -4.30. The maximum absolute atomic E-state index is 12.4. The molecule has 3 heterocycles. The van der Waals surface area contributed by atoms with Crippen LogP contribution in [-0.2, 0) is 54.6 Å². The monoisotopic (exact) mass is 700 g/mol. The summed E-state index contributed by atoms with van der Waals surface area (Å²) in [7, 11) is -6.83. The number of carbonyl (C=O) groups is 1. The number of ether oxygens (including phenoxy) is 2. The lowest BCUT2D eigenvalue weighted by molar-refractivity contribution is -0.152. The summed E-state index contributed by atoms with van der Waals surface area (Å²) in [6, 6.07) is 7.16. The van der Waals surface area contributed by atoms with Gasteiger partial charge < -0.3 is 23.7 Å². The van der Waals surface area contributed by atoms with E-state index in [1.807, 2.05) is 31.3 Å². The van der Waals surface area contributed by atoms with Crippen molar-refractivity contribution in [2.75, 3.05) is 24.7 Å². The number of aryl methyl sites for hydroxylation is 2. The van der Waals surface area contributed by atoms with Crippen LogP contribution in [0.25, 0.3) is 22.4 Å². The van der Waals surface area contributed by atoms with Gasteiger partial charge in [0.1, 0.15) is 11.9 Å². The number of nitrogens with zero attached hydrogens (tertiary/aromatic N) is 3. The molecule has 4 N–H and O–H groups in total. The van der Waals surface area contributed by atoms with Gasteiger partial charge >= 0.3 is 5.97 Å². The van der Waals surface area contributed by atoms with Crippen LogP contribution in [0.1, 0.15) is 44.7 Å². The van der Waals surface area contributed by atoms with E-state index in [4.69, 9.17) is 23.6 Å². The van der Waals surface area contributed by atoms with Gasteiger partial charge in [-0.2, -0.15) is 16.8 Å². The highest BCUT2D eigenvalue weighted by Gasteiger charge is 2.26. The van der Waals surface area contributed by atoms with Gasteiger partial charge in [-0.15, -0.1) is 0 Å². The average molecular weight is 701 g/mol. The molecule has 15 nitrogen and oxygen atoms in total. The molecule has 0 bridgehead atoms. The lowest BCUT2D eigenvalue weighted by Crippen LogP contribution is -2.46. The summed E-state index contributed by atoms with van der Waals surface area (Å²) < 4.78 is 70.1. The molecule has 2 atom stereocenters. The standard InChI is InChI=1S/C28H38N4O5.C2H6O6S2/c1-17(2)37-28(35)25(19(4)33)29-14-21-6-7-24-23(13-21)30-26(22-12-18(3)27(34)31(5)16-22)32(24)15-20-8-10-36-11-9-20;3-9(4,5)1-2-10(6,7)8/h6-7,12-13,16-17,19-20,25,29,33H,8-11,14-15H2,1-5H3;1-2H2,(H,3,4,5)(H,6,7,8)/t19-,25+;/m1./s1. The summed E-state index contributed by atoms with van der Waals surface area (Å²) in [5, 5.41) is 13.3. The van der Waals surface area contributed by atoms with Gasteiger partial charge in [0.05, 0.1) is 34.7 Å². The van der Waals surface area contributed by atoms with Crippen LogP contribution >= 0.6 is 0 Å². The van der Waals surface area contributed by atoms with Crippen LogP contribution in [0.3, 0.4) is 0 Å². The molecule has 17 heteroatoms. The van der Waals surface area contributed by atoms with E-state index in [2.05, 4.69) is 16.0 Å². The van der Waals surface area contributed by atoms with E-state index in [-0.39, 0.29) is 11.7 Å². The number of hydrogen-bond acceptors (Lipinski definition) is 11. The second kappa shape index (κ2) is 16.3. The van der Waals surface area contributed by atoms with Gasteiger partial charge in [-0.1, -0.05) is 6.07 Å². The van der Waals surface area contributed by atoms with Gasteiger partial charge in [0.2, 0.25) is 0 Å². The molecular formula is C30H44N4O11S2. The topological polar surface area (TPSA) is 216 Å². The summed E-state index contributed by atoms with van der Waals surface area (Å²) in [6.45, 7) is 9.69. The number of hydrogen-bond donors (Lipinski definition) is 4. The number of pyridine rings is 1. The third kappa shape index (κ3) is 11.8. The number of esters is 1. The van der Waals surface area contributed by atoms with E-state index in [9.17, 15) is 31.5 Å². The first kappa shape index (κ1) is 38.3. The summed E-state index contributed by atoms with van der Waals surface area (Å²) >= 11 is 0. The Morgan fingerprint density at radius 3 is 2.23 bits per heavy atom. The number of carbonyl (C=O) groups excluding carboxylic acids is 1. The molecule has 4 rings (SSSR count). The van der Waals surface area contributed by atoms with Gasteiger partial charge in [-0.3, -0.25) is 24.0 Å². The van der Waals surface area contributed by atoms with Crippen LogP contribution in [0, 0.1) is 12.8 Å². The van der Waals surface area contributed by atoms with Gasteiger partial charge in [0, 0.05) is 50.7 Å². The van der Waals surface area contributed by atoms with Crippen molar-refractivity contribution in [1.29, 1.82) is 0 Å². The third-order valence-electron chi connectivity index (χ3n) is 7.43. The zero-order valence-corrected chi connectivity index (χ0v) is 28.8. The minimum absolute atomic E-state index is 0.0205. The zero-order valence-electron chi connectivity index (χ0n) is 27.1. The maximum Gasteiger partial charge on any atom is 0.326 e. The van der Waals surface area contributed by atoms with Gasteiger partial charge in [0.15, 0.2) is 0 Å². The van der Waals surface area contributed by atoms with E-state index in [0.717, 1.165) is 60.6 Å². The number of imidazole rings is 1. The van der Waals surface area contributed by atoms with Crippen LogP contribution in [0.4, 0.5) is 0 Å². The van der Waals surface area contributed by atoms with Crippen molar-refractivity contribution in [3.8, 4) is 11.4 Å². The lowest BCUT2D eigenvalue weighted by atomic mass is 10.00. The number of aliphatic hydroxyl groups is 1. The Labute approximate surface area is 274 Å². The molecule has 0 unspecified atom stereocenters. The summed E-state index contributed by atoms with van der Waals surface area (Å²) in [6.07, 6.45) is 2.69. The number of aromatic nitrogens is 3. The summed E-state index contributed by atoms with van der Waals surface area (Å²) in [4.78, 5) is 29.7. The first-order valence-electron chi connectivity index (χ1n) is 15.1. The molecule has 47 heavy (non-hydrogen) atoms. The van der Waals surface area contributed by atoms with Crippen LogP contribution in [0.2, 0.25) is 0 Å². The Morgan fingerprint density at radius 1 is 1.09 bits per heavy atom. The van der Waals surface area contributed by atoms with E-state index in [0.29, 0.717) is 18.0 Å². The Hall–Kier alpha value is -3.19. The largest absolute Gasteiger partial charge is 0.462 e. The van der Waals surface area contributed by atoms with Crippen molar-refractivity contribution < 1.29 is 45.3 Å². The van der Waals surface area contributed by atoms with Crippen LogP contribution in [-0.4, -0.2) is 94.1 Å². The number of fused-ring (bicyclic) bond motifs is 1. The van der Waals surface area contributed by atoms with Crippen LogP contribution in [0.5, 0.6) is 0 Å². The molecule has 2 aromatic heterocycles. The summed E-state index contributed by atoms with van der Waals surface area (Å²) in [5.74, 6) is -1.12. The Morgan fingerprint density at radius 2 is 1.70 bits per heavy atom. The van der Waals surface area contributed by atoms with Crippen LogP contribution < -0.4 is 10.9 Å². The third-order valence-corrected chi connectivity index (χ3v) is 9.13. The lowest BCUT2D eigenvalue weighted by Gasteiger charge is -2.23. The molecular weight excluding hydrogens is 656 g/mol. The Kier molecular flexibility index (Phi) is 13.2. The Balaban J connectivity index is 0.000000520. The van der Waals surface area contributed by atoms with Crippen molar-refractivity contribution in [2.45, 2.75) is 71.9 Å². The highest BCUT2D eigenvalue weighted by molar-refractivity contribution is 7.89. The van der Waals surface area contributed by atoms with E-state index < -0.39 is 49.9 Å². The molecule has 1 fully saturated rings. The average Bonchev–Trinajstić information content (AvgIpc) is 3.31. The maximum atomic E-state index is 12.4. The zero-order chi connectivity index (χ0) is 35.1. The van der Waals surface area contributed by atoms with Crippen LogP contribution in [0.15, 0.2) is 35.3 Å². The molecule has 0 saturated carbocycles. The molecule has 1 aromatic carbocycles. The first-order chi connectivity index (χ1) is 21.8. The number of nitrogens with one attached hydrogen (secondary N) is 1. The van der Waals surface area contributed by atoms with Crippen molar-refractivity contribution in [3.63, 3.8) is 0 Å². The van der Waals surface area contributed by atoms with Crippen molar-refractivity contribution >= 4 is 37.2 Å². The Bertz CT molecular complexity index is 1750. The predicted octanol–water partition coefficient (Wildman–Crippen LogP) is 1.69. The molecule has 0 spiro atoms. The molecule has 0 aliphatic carbocycles. The fourth-order valence-electron chi connectivity index (χ4n) is 5.07. The molecule has 1 saturated heterocycles. The van der Waals surface area contributed by atoms with Crippen molar-refractivity contribution in [3.05, 3.63) is 51.9 Å². The predicted molar refractivity (Wildman–Crippen MR) is 175 cm³/mol. The van der Waals surface area contributed by atoms with Crippen molar-refractivity contribution in [1.82, 2.24) is 19.4 Å². The number of benzene rings is 1. The molecule has 0 radical (unpaired) electrons. The quantitative estimate of drug-likeness (QED) is 0.156. The molecule has 0 amide bonds. The molecule has 3 aromatic rings. The van der Waals surface area contributed by atoms with Gasteiger partial charge in [-0.05, 0) is 70.2 Å². The number of rotatable bonds is 12. The summed E-state index contributed by atoms with van der Waals surface area (Å²) in [5.41, 5.74) is 4.34.